The van der Waals surface area contributed by atoms with Gasteiger partial charge in [-0.1, -0.05) is 35.3 Å². The molecule has 0 bridgehead atoms. The molecule has 2 aromatic heterocycles. The van der Waals surface area contributed by atoms with E-state index in [2.05, 4.69) is 19.7 Å². The molecule has 0 unspecified atom stereocenters. The van der Waals surface area contributed by atoms with Gasteiger partial charge in [-0.05, 0) is 36.6 Å². The molecule has 0 radical (unpaired) electrons. The molecule has 3 rings (SSSR count). The molecule has 0 aliphatic rings. The van der Waals surface area contributed by atoms with E-state index in [4.69, 9.17) is 28.9 Å². The highest BCUT2D eigenvalue weighted by Crippen LogP contribution is 2.37. The van der Waals surface area contributed by atoms with Crippen molar-refractivity contribution < 1.29 is 8.78 Å². The van der Waals surface area contributed by atoms with Gasteiger partial charge in [0.25, 0.3) is 0 Å². The van der Waals surface area contributed by atoms with Crippen LogP contribution in [0.25, 0.3) is 22.2 Å². The summed E-state index contributed by atoms with van der Waals surface area (Å²) in [5, 5.41) is 1.03. The average molecular weight is 442 g/mol. The van der Waals surface area contributed by atoms with Crippen molar-refractivity contribution in [3.63, 3.8) is 0 Å². The van der Waals surface area contributed by atoms with Gasteiger partial charge in [-0.2, -0.15) is 8.78 Å². The fourth-order valence-electron chi connectivity index (χ4n) is 2.51. The van der Waals surface area contributed by atoms with E-state index in [0.717, 1.165) is 50.8 Å². The van der Waals surface area contributed by atoms with Crippen LogP contribution in [-0.2, 0) is 0 Å². The van der Waals surface area contributed by atoms with Crippen LogP contribution in [0.3, 0.4) is 0 Å². The molecule has 28 heavy (non-hydrogen) atoms. The number of pyridine rings is 1. The van der Waals surface area contributed by atoms with Gasteiger partial charge >= 0.3 is 6.55 Å². The molecule has 0 spiro atoms. The number of aromatic nitrogens is 2. The number of fused-ring (bicyclic) bond motifs is 1. The number of aromatic amines is 1. The molecular weight excluding hydrogens is 427 g/mol. The second-order valence-corrected chi connectivity index (χ2v) is 7.31. The van der Waals surface area contributed by atoms with Crippen molar-refractivity contribution in [1.29, 1.82) is 0 Å². The first kappa shape index (κ1) is 20.4. The van der Waals surface area contributed by atoms with Crippen LogP contribution in [0.2, 0.25) is 5.02 Å². The molecule has 2 heterocycles. The number of nitrogens with one attached hydrogen (secondary N) is 2. The number of alkyl halides is 2. The van der Waals surface area contributed by atoms with E-state index in [1.165, 1.54) is 0 Å². The lowest BCUT2D eigenvalue weighted by Crippen LogP contribution is -2.13. The van der Waals surface area contributed by atoms with Crippen molar-refractivity contribution in [3.8, 4) is 11.3 Å². The van der Waals surface area contributed by atoms with Gasteiger partial charge < -0.3 is 15.4 Å². The molecule has 0 saturated carbocycles. The maximum atomic E-state index is 12.4. The Labute approximate surface area is 174 Å². The highest BCUT2D eigenvalue weighted by molar-refractivity contribution is 7.97. The number of allylic oxidation sites excluding steroid dienone is 1. The zero-order valence-electron chi connectivity index (χ0n) is 14.5. The number of rotatable bonds is 6. The second kappa shape index (κ2) is 8.81. The quantitative estimate of drug-likeness (QED) is 0.270. The number of aliphatic imine (C=N–C) groups is 1. The van der Waals surface area contributed by atoms with Crippen LogP contribution >= 0.6 is 35.1 Å². The SMILES string of the molecule is Cc1ccc(-c2c(Cl)ccc3c(SNC(=C/N)/C(Cl)=N/C(F)F)c[nH]c23)nc1. The van der Waals surface area contributed by atoms with Crippen LogP contribution in [0.15, 0.2) is 58.4 Å². The molecule has 5 nitrogen and oxygen atoms in total. The van der Waals surface area contributed by atoms with Crippen LogP contribution in [0.1, 0.15) is 5.56 Å². The van der Waals surface area contributed by atoms with Gasteiger partial charge in [0, 0.05) is 29.5 Å². The highest BCUT2D eigenvalue weighted by Gasteiger charge is 2.15. The third-order valence-corrected chi connectivity index (χ3v) is 5.30. The smallest absolute Gasteiger partial charge is 0.333 e. The van der Waals surface area contributed by atoms with Crippen molar-refractivity contribution in [1.82, 2.24) is 14.7 Å². The van der Waals surface area contributed by atoms with Gasteiger partial charge in [-0.3, -0.25) is 4.98 Å². The van der Waals surface area contributed by atoms with Gasteiger partial charge in [0.15, 0.2) is 5.17 Å². The number of nitrogens with zero attached hydrogens (tertiary/aromatic N) is 2. The lowest BCUT2D eigenvalue weighted by molar-refractivity contribution is 0.160. The summed E-state index contributed by atoms with van der Waals surface area (Å²) in [6.07, 6.45) is 4.62. The second-order valence-electron chi connectivity index (χ2n) is 5.70. The molecule has 0 saturated heterocycles. The van der Waals surface area contributed by atoms with Crippen LogP contribution in [0.5, 0.6) is 0 Å². The molecular formula is C18H15Cl2F2N5S. The minimum absolute atomic E-state index is 0.0794. The Hall–Kier alpha value is -2.29. The molecule has 0 fully saturated rings. The maximum absolute atomic E-state index is 12.4. The van der Waals surface area contributed by atoms with Crippen molar-refractivity contribution in [2.24, 2.45) is 10.7 Å². The Morgan fingerprint density at radius 3 is 2.79 bits per heavy atom. The first-order valence-electron chi connectivity index (χ1n) is 8.00. The number of hydrogen-bond acceptors (Lipinski definition) is 5. The molecule has 0 aliphatic heterocycles. The first-order valence-corrected chi connectivity index (χ1v) is 9.57. The van der Waals surface area contributed by atoms with Crippen LogP contribution in [0, 0.1) is 6.92 Å². The van der Waals surface area contributed by atoms with Gasteiger partial charge in [0.2, 0.25) is 0 Å². The van der Waals surface area contributed by atoms with Gasteiger partial charge in [0.1, 0.15) is 0 Å². The topological polar surface area (TPSA) is 79.1 Å². The molecule has 146 valence electrons. The van der Waals surface area contributed by atoms with Gasteiger partial charge in [-0.15, -0.1) is 0 Å². The van der Waals surface area contributed by atoms with E-state index in [0.29, 0.717) is 5.02 Å². The molecule has 1 aromatic carbocycles. The number of benzene rings is 1. The van der Waals surface area contributed by atoms with Crippen LogP contribution < -0.4 is 10.5 Å². The fourth-order valence-corrected chi connectivity index (χ4v) is 3.79. The summed E-state index contributed by atoms with van der Waals surface area (Å²) in [4.78, 5) is 11.4. The standard InChI is InChI=1S/C18H15Cl2F2N5S/c1-9-2-5-12(24-7-9)15-11(19)4-3-10-14(8-25-16(10)15)28-27-13(6-23)17(20)26-18(21)22/h2-8,18,25,27H,23H2,1H3/b13-6+,26-17-. The zero-order chi connectivity index (χ0) is 20.3. The predicted octanol–water partition coefficient (Wildman–Crippen LogP) is 5.45. The molecule has 0 atom stereocenters. The zero-order valence-corrected chi connectivity index (χ0v) is 16.8. The predicted molar refractivity (Wildman–Crippen MR) is 112 cm³/mol. The van der Waals surface area contributed by atoms with Gasteiger partial charge in [0.05, 0.1) is 26.8 Å². The summed E-state index contributed by atoms with van der Waals surface area (Å²) in [5.41, 5.74) is 8.89. The molecule has 0 aliphatic carbocycles. The number of nitrogens with two attached hydrogens (primary N) is 1. The van der Waals surface area contributed by atoms with Crippen LogP contribution in [0.4, 0.5) is 8.78 Å². The Balaban J connectivity index is 1.93. The maximum Gasteiger partial charge on any atom is 0.333 e. The number of H-pyrrole nitrogens is 1. The first-order chi connectivity index (χ1) is 13.4. The molecule has 0 amide bonds. The highest BCUT2D eigenvalue weighted by atomic mass is 35.5. The van der Waals surface area contributed by atoms with E-state index in [-0.39, 0.29) is 5.70 Å². The summed E-state index contributed by atoms with van der Waals surface area (Å²) in [5.74, 6) is 0. The van der Waals surface area contributed by atoms with E-state index >= 15 is 0 Å². The number of hydrogen-bond donors (Lipinski definition) is 3. The number of halogens is 4. The Kier molecular flexibility index (Phi) is 6.43. The van der Waals surface area contributed by atoms with Crippen LogP contribution in [-0.4, -0.2) is 21.7 Å². The van der Waals surface area contributed by atoms with Crippen molar-refractivity contribution >= 4 is 51.2 Å². The molecule has 10 heteroatoms. The minimum atomic E-state index is -2.92. The van der Waals surface area contributed by atoms with E-state index in [1.54, 1.807) is 18.5 Å². The lowest BCUT2D eigenvalue weighted by atomic mass is 10.1. The Bertz CT molecular complexity index is 1050. The average Bonchev–Trinajstić information content (AvgIpc) is 3.05. The van der Waals surface area contributed by atoms with E-state index < -0.39 is 11.7 Å². The van der Waals surface area contributed by atoms with Gasteiger partial charge in [-0.25, -0.2) is 4.99 Å². The normalized spacial score (nSPS) is 12.8. The number of aryl methyl sites for hydroxylation is 1. The monoisotopic (exact) mass is 441 g/mol. The van der Waals surface area contributed by atoms with Crippen molar-refractivity contribution in [2.75, 3.05) is 0 Å². The third-order valence-electron chi connectivity index (χ3n) is 3.81. The van der Waals surface area contributed by atoms with E-state index in [1.807, 2.05) is 25.1 Å². The fraction of sp³-hybridized carbons (Fsp3) is 0.111. The van der Waals surface area contributed by atoms with Crippen molar-refractivity contribution in [3.05, 3.63) is 59.1 Å². The Morgan fingerprint density at radius 1 is 1.36 bits per heavy atom. The lowest BCUT2D eigenvalue weighted by Gasteiger charge is -2.09. The molecule has 3 aromatic rings. The third kappa shape index (κ3) is 4.40. The van der Waals surface area contributed by atoms with E-state index in [9.17, 15) is 8.78 Å². The largest absolute Gasteiger partial charge is 0.403 e. The van der Waals surface area contributed by atoms with Crippen molar-refractivity contribution in [2.45, 2.75) is 18.4 Å². The summed E-state index contributed by atoms with van der Waals surface area (Å²) >= 11 is 13.3. The molecule has 4 N–H and O–H groups in total. The summed E-state index contributed by atoms with van der Waals surface area (Å²) in [6.45, 7) is -0.965. The summed E-state index contributed by atoms with van der Waals surface area (Å²) in [7, 11) is 0. The Morgan fingerprint density at radius 2 is 2.14 bits per heavy atom. The minimum Gasteiger partial charge on any atom is -0.403 e. The summed E-state index contributed by atoms with van der Waals surface area (Å²) in [6, 6.07) is 7.50. The summed E-state index contributed by atoms with van der Waals surface area (Å²) < 4.78 is 27.6.